The van der Waals surface area contributed by atoms with Gasteiger partial charge in [-0.1, -0.05) is 78.9 Å². The standard InChI is InChI=1S/C40H44N2O7/c1-45-37(46-2)23-28-14-16-29(17-15-28)26-48-39(43)34-12-6-8-30(22-34)27-47-35-13-7-11-33(24-35)38(32-9-4-3-5-10-32)41-40(44)49-36-25-42-20-18-31(36)19-21-42/h3-17,22,24,31,36-38H,18-21,23,25-27H2,1-2H3,(H,41,44)/t36?,38-/m0/s1. The number of hydrogen-bond acceptors (Lipinski definition) is 8. The minimum atomic E-state index is -0.416. The molecule has 0 saturated carbocycles. The second kappa shape index (κ2) is 16.6. The van der Waals surface area contributed by atoms with E-state index in [-0.39, 0.29) is 25.6 Å². The molecule has 9 heteroatoms. The number of nitrogens with one attached hydrogen (secondary N) is 1. The van der Waals surface area contributed by atoms with Crippen molar-refractivity contribution in [1.29, 1.82) is 0 Å². The summed E-state index contributed by atoms with van der Waals surface area (Å²) >= 11 is 0. The molecule has 7 rings (SSSR count). The van der Waals surface area contributed by atoms with Crippen molar-refractivity contribution in [3.8, 4) is 5.75 Å². The van der Waals surface area contributed by atoms with E-state index in [0.717, 1.165) is 60.3 Å². The summed E-state index contributed by atoms with van der Waals surface area (Å²) < 4.78 is 28.3. The first-order valence-corrected chi connectivity index (χ1v) is 16.8. The molecule has 0 radical (unpaired) electrons. The third-order valence-electron chi connectivity index (χ3n) is 9.33. The number of esters is 1. The number of rotatable bonds is 14. The molecule has 0 aliphatic carbocycles. The zero-order valence-corrected chi connectivity index (χ0v) is 28.1. The summed E-state index contributed by atoms with van der Waals surface area (Å²) in [7, 11) is 3.22. The van der Waals surface area contributed by atoms with E-state index in [0.29, 0.717) is 23.7 Å². The van der Waals surface area contributed by atoms with E-state index in [1.54, 1.807) is 26.4 Å². The Hall–Kier alpha value is -4.70. The highest BCUT2D eigenvalue weighted by Gasteiger charge is 2.37. The molecule has 3 aliphatic rings. The van der Waals surface area contributed by atoms with Crippen molar-refractivity contribution in [1.82, 2.24) is 10.2 Å². The molecule has 1 amide bonds. The number of piperidine rings is 3. The number of carbonyl (C=O) groups excluding carboxylic acids is 2. The Morgan fingerprint density at radius 1 is 0.776 bits per heavy atom. The van der Waals surface area contributed by atoms with Crippen LogP contribution in [0.25, 0.3) is 0 Å². The van der Waals surface area contributed by atoms with Crippen LogP contribution in [0, 0.1) is 5.92 Å². The van der Waals surface area contributed by atoms with Gasteiger partial charge in [-0.2, -0.15) is 0 Å². The van der Waals surface area contributed by atoms with Crippen molar-refractivity contribution in [3.05, 3.63) is 137 Å². The minimum Gasteiger partial charge on any atom is -0.489 e. The Kier molecular flexibility index (Phi) is 11.6. The Labute approximate surface area is 288 Å². The number of nitrogens with zero attached hydrogens (tertiary/aromatic N) is 1. The lowest BCUT2D eigenvalue weighted by Gasteiger charge is -2.43. The fraction of sp³-hybridized carbons (Fsp3) is 0.350. The molecule has 49 heavy (non-hydrogen) atoms. The lowest BCUT2D eigenvalue weighted by molar-refractivity contribution is -0.100. The number of carbonyl (C=O) groups is 2. The molecular formula is C40H44N2O7. The van der Waals surface area contributed by atoms with E-state index in [1.165, 1.54) is 0 Å². The summed E-state index contributed by atoms with van der Waals surface area (Å²) in [6.45, 7) is 3.38. The first kappa shape index (κ1) is 34.2. The van der Waals surface area contributed by atoms with E-state index in [1.807, 2.05) is 91.0 Å². The molecule has 256 valence electrons. The van der Waals surface area contributed by atoms with Crippen molar-refractivity contribution < 1.29 is 33.3 Å². The van der Waals surface area contributed by atoms with Crippen LogP contribution >= 0.6 is 0 Å². The van der Waals surface area contributed by atoms with Crippen LogP contribution in [0.4, 0.5) is 4.79 Å². The van der Waals surface area contributed by atoms with Gasteiger partial charge in [-0.05, 0) is 83.9 Å². The first-order chi connectivity index (χ1) is 24.0. The van der Waals surface area contributed by atoms with Crippen molar-refractivity contribution in [3.63, 3.8) is 0 Å². The second-order valence-electron chi connectivity index (χ2n) is 12.6. The lowest BCUT2D eigenvalue weighted by Crippen LogP contribution is -2.52. The van der Waals surface area contributed by atoms with Crippen LogP contribution in [0.2, 0.25) is 0 Å². The predicted octanol–water partition coefficient (Wildman–Crippen LogP) is 6.69. The fourth-order valence-corrected chi connectivity index (χ4v) is 6.54. The molecule has 4 aromatic carbocycles. The van der Waals surface area contributed by atoms with Crippen LogP contribution in [0.15, 0.2) is 103 Å². The Bertz CT molecular complexity index is 1670. The summed E-state index contributed by atoms with van der Waals surface area (Å²) in [5, 5.41) is 3.12. The summed E-state index contributed by atoms with van der Waals surface area (Å²) in [6, 6.07) is 32.2. The van der Waals surface area contributed by atoms with E-state index in [2.05, 4.69) is 10.2 Å². The molecule has 3 heterocycles. The average Bonchev–Trinajstić information content (AvgIpc) is 3.15. The van der Waals surface area contributed by atoms with Crippen LogP contribution < -0.4 is 10.1 Å². The Balaban J connectivity index is 1.05. The molecule has 2 bridgehead atoms. The number of methoxy groups -OCH3 is 2. The lowest BCUT2D eigenvalue weighted by atomic mass is 9.86. The van der Waals surface area contributed by atoms with Crippen molar-refractivity contribution in [2.45, 2.75) is 50.9 Å². The van der Waals surface area contributed by atoms with Gasteiger partial charge in [0, 0.05) is 27.2 Å². The van der Waals surface area contributed by atoms with Crippen LogP contribution in [-0.2, 0) is 38.6 Å². The maximum absolute atomic E-state index is 13.2. The van der Waals surface area contributed by atoms with Gasteiger partial charge in [-0.3, -0.25) is 4.90 Å². The molecule has 3 fully saturated rings. The van der Waals surface area contributed by atoms with Gasteiger partial charge in [-0.25, -0.2) is 9.59 Å². The third-order valence-corrected chi connectivity index (χ3v) is 9.33. The predicted molar refractivity (Wildman–Crippen MR) is 185 cm³/mol. The maximum atomic E-state index is 13.2. The van der Waals surface area contributed by atoms with E-state index >= 15 is 0 Å². The summed E-state index contributed by atoms with van der Waals surface area (Å²) in [5.41, 5.74) is 5.04. The number of alkyl carbamates (subject to hydrolysis) is 1. The quantitative estimate of drug-likeness (QED) is 0.118. The van der Waals surface area contributed by atoms with Crippen LogP contribution in [0.3, 0.4) is 0 Å². The number of amides is 1. The van der Waals surface area contributed by atoms with Gasteiger partial charge in [0.2, 0.25) is 0 Å². The van der Waals surface area contributed by atoms with Crippen LogP contribution in [-0.4, -0.2) is 63.2 Å². The molecule has 1 N–H and O–H groups in total. The van der Waals surface area contributed by atoms with Gasteiger partial charge in [0.15, 0.2) is 6.29 Å². The topological polar surface area (TPSA) is 95.6 Å². The van der Waals surface area contributed by atoms with E-state index < -0.39 is 18.1 Å². The molecule has 1 unspecified atom stereocenters. The number of fused-ring (bicyclic) bond motifs is 3. The van der Waals surface area contributed by atoms with Gasteiger partial charge < -0.3 is 29.0 Å². The monoisotopic (exact) mass is 664 g/mol. The zero-order valence-electron chi connectivity index (χ0n) is 28.1. The SMILES string of the molecule is COC(Cc1ccc(COC(=O)c2cccc(COc3cccc([C@@H](NC(=O)OC4CN5CCC4CC5)c4ccccc4)c3)c2)cc1)OC. The maximum Gasteiger partial charge on any atom is 0.408 e. The summed E-state index contributed by atoms with van der Waals surface area (Å²) in [5.74, 6) is 0.662. The van der Waals surface area contributed by atoms with Crippen molar-refractivity contribution in [2.75, 3.05) is 33.9 Å². The zero-order chi connectivity index (χ0) is 34.0. The highest BCUT2D eigenvalue weighted by molar-refractivity contribution is 5.89. The molecule has 2 atom stereocenters. The molecule has 0 aromatic heterocycles. The Morgan fingerprint density at radius 2 is 1.49 bits per heavy atom. The van der Waals surface area contributed by atoms with Crippen LogP contribution in [0.1, 0.15) is 57.1 Å². The molecule has 0 spiro atoms. The highest BCUT2D eigenvalue weighted by atomic mass is 16.7. The highest BCUT2D eigenvalue weighted by Crippen LogP contribution is 2.31. The molecule has 3 saturated heterocycles. The summed E-state index contributed by atoms with van der Waals surface area (Å²) in [4.78, 5) is 28.5. The molecular weight excluding hydrogens is 620 g/mol. The number of ether oxygens (including phenoxy) is 5. The number of hydrogen-bond donors (Lipinski definition) is 1. The summed E-state index contributed by atoms with van der Waals surface area (Å²) in [6.07, 6.45) is 1.98. The third kappa shape index (κ3) is 9.26. The van der Waals surface area contributed by atoms with Gasteiger partial charge in [0.25, 0.3) is 0 Å². The largest absolute Gasteiger partial charge is 0.489 e. The Morgan fingerprint density at radius 3 is 2.20 bits per heavy atom. The second-order valence-corrected chi connectivity index (χ2v) is 12.6. The molecule has 3 aliphatic heterocycles. The van der Waals surface area contributed by atoms with Crippen LogP contribution in [0.5, 0.6) is 5.75 Å². The number of benzene rings is 4. The van der Waals surface area contributed by atoms with Gasteiger partial charge in [0.05, 0.1) is 11.6 Å². The van der Waals surface area contributed by atoms with Crippen molar-refractivity contribution >= 4 is 12.1 Å². The van der Waals surface area contributed by atoms with Gasteiger partial charge in [-0.15, -0.1) is 0 Å². The van der Waals surface area contributed by atoms with Gasteiger partial charge >= 0.3 is 12.1 Å². The van der Waals surface area contributed by atoms with Gasteiger partial charge in [0.1, 0.15) is 25.1 Å². The molecule has 9 nitrogen and oxygen atoms in total. The van der Waals surface area contributed by atoms with E-state index in [4.69, 9.17) is 23.7 Å². The first-order valence-electron chi connectivity index (χ1n) is 16.8. The average molecular weight is 665 g/mol. The van der Waals surface area contributed by atoms with Crippen molar-refractivity contribution in [2.24, 2.45) is 5.92 Å². The molecule has 4 aromatic rings. The van der Waals surface area contributed by atoms with E-state index in [9.17, 15) is 9.59 Å². The minimum absolute atomic E-state index is 0.0795. The fourth-order valence-electron chi connectivity index (χ4n) is 6.54. The normalized spacial score (nSPS) is 18.9. The smallest absolute Gasteiger partial charge is 0.408 e.